The zero-order valence-electron chi connectivity index (χ0n) is 12.3. The maximum absolute atomic E-state index is 12.3. The molecule has 23 heavy (non-hydrogen) atoms. The molecule has 0 aliphatic rings. The SMILES string of the molecule is CCc1nc(CNC(=O)c2c[nH]c3cc([N+](=O)[O-])ccc23)cs1. The summed E-state index contributed by atoms with van der Waals surface area (Å²) in [5, 5.41) is 17.2. The third-order valence-electron chi connectivity index (χ3n) is 3.45. The summed E-state index contributed by atoms with van der Waals surface area (Å²) in [4.78, 5) is 29.9. The number of rotatable bonds is 5. The van der Waals surface area contributed by atoms with Crippen molar-refractivity contribution in [2.45, 2.75) is 19.9 Å². The van der Waals surface area contributed by atoms with Crippen LogP contribution < -0.4 is 5.32 Å². The molecule has 0 atom stereocenters. The average Bonchev–Trinajstić information content (AvgIpc) is 3.18. The van der Waals surface area contributed by atoms with Gasteiger partial charge >= 0.3 is 0 Å². The van der Waals surface area contributed by atoms with Gasteiger partial charge in [0.05, 0.1) is 33.2 Å². The molecule has 0 fully saturated rings. The first-order valence-corrected chi connectivity index (χ1v) is 7.93. The summed E-state index contributed by atoms with van der Waals surface area (Å²) in [6.07, 6.45) is 2.43. The minimum atomic E-state index is -0.465. The quantitative estimate of drug-likeness (QED) is 0.554. The molecular formula is C15H14N4O3S. The third-order valence-corrected chi connectivity index (χ3v) is 4.49. The number of benzene rings is 1. The summed E-state index contributed by atoms with van der Waals surface area (Å²) in [5.41, 5.74) is 1.84. The number of nitro groups is 1. The van der Waals surface area contributed by atoms with Crippen molar-refractivity contribution in [3.05, 3.63) is 56.2 Å². The number of nitro benzene ring substituents is 1. The number of fused-ring (bicyclic) bond motifs is 1. The van der Waals surface area contributed by atoms with Crippen molar-refractivity contribution >= 4 is 33.8 Å². The van der Waals surface area contributed by atoms with E-state index >= 15 is 0 Å². The van der Waals surface area contributed by atoms with Gasteiger partial charge in [-0.15, -0.1) is 11.3 Å². The Balaban J connectivity index is 1.76. The molecule has 0 aliphatic carbocycles. The van der Waals surface area contributed by atoms with Gasteiger partial charge in [-0.1, -0.05) is 6.92 Å². The highest BCUT2D eigenvalue weighted by atomic mass is 32.1. The average molecular weight is 330 g/mol. The first-order chi connectivity index (χ1) is 11.1. The van der Waals surface area contributed by atoms with Crippen LogP contribution in [0.4, 0.5) is 5.69 Å². The van der Waals surface area contributed by atoms with Crippen molar-refractivity contribution in [2.24, 2.45) is 0 Å². The summed E-state index contributed by atoms with van der Waals surface area (Å²) in [6, 6.07) is 4.39. The van der Waals surface area contributed by atoms with E-state index in [0.717, 1.165) is 17.1 Å². The number of carbonyl (C=O) groups is 1. The Hall–Kier alpha value is -2.74. The van der Waals surface area contributed by atoms with Crippen molar-refractivity contribution in [3.8, 4) is 0 Å². The van der Waals surface area contributed by atoms with Gasteiger partial charge in [-0.3, -0.25) is 14.9 Å². The lowest BCUT2D eigenvalue weighted by Crippen LogP contribution is -2.22. The van der Waals surface area contributed by atoms with E-state index in [4.69, 9.17) is 0 Å². The van der Waals surface area contributed by atoms with E-state index in [1.54, 1.807) is 23.6 Å². The van der Waals surface area contributed by atoms with Gasteiger partial charge in [-0.25, -0.2) is 4.98 Å². The lowest BCUT2D eigenvalue weighted by atomic mass is 10.1. The molecule has 0 radical (unpaired) electrons. The first-order valence-electron chi connectivity index (χ1n) is 7.05. The molecule has 2 N–H and O–H groups in total. The van der Waals surface area contributed by atoms with E-state index in [1.165, 1.54) is 12.1 Å². The van der Waals surface area contributed by atoms with Crippen molar-refractivity contribution in [2.75, 3.05) is 0 Å². The second kappa shape index (κ2) is 6.17. The van der Waals surface area contributed by atoms with Crippen LogP contribution in [0, 0.1) is 10.1 Å². The number of amides is 1. The molecule has 0 bridgehead atoms. The zero-order chi connectivity index (χ0) is 16.4. The summed E-state index contributed by atoms with van der Waals surface area (Å²) in [7, 11) is 0. The summed E-state index contributed by atoms with van der Waals surface area (Å²) >= 11 is 1.57. The molecule has 1 amide bonds. The topological polar surface area (TPSA) is 101 Å². The number of nitrogens with one attached hydrogen (secondary N) is 2. The highest BCUT2D eigenvalue weighted by Crippen LogP contribution is 2.23. The second-order valence-corrected chi connectivity index (χ2v) is 5.90. The smallest absolute Gasteiger partial charge is 0.271 e. The van der Waals surface area contributed by atoms with Gasteiger partial charge in [0.15, 0.2) is 0 Å². The van der Waals surface area contributed by atoms with E-state index in [-0.39, 0.29) is 11.6 Å². The monoisotopic (exact) mass is 330 g/mol. The fourth-order valence-corrected chi connectivity index (χ4v) is 3.02. The lowest BCUT2D eigenvalue weighted by molar-refractivity contribution is -0.384. The fraction of sp³-hybridized carbons (Fsp3) is 0.200. The largest absolute Gasteiger partial charge is 0.360 e. The van der Waals surface area contributed by atoms with E-state index in [2.05, 4.69) is 15.3 Å². The van der Waals surface area contributed by atoms with E-state index in [9.17, 15) is 14.9 Å². The van der Waals surface area contributed by atoms with E-state index in [0.29, 0.717) is 23.0 Å². The maximum atomic E-state index is 12.3. The van der Waals surface area contributed by atoms with Gasteiger partial charge in [0.25, 0.3) is 11.6 Å². The third kappa shape index (κ3) is 3.07. The van der Waals surface area contributed by atoms with E-state index < -0.39 is 4.92 Å². The molecule has 0 saturated heterocycles. The molecule has 8 heteroatoms. The van der Waals surface area contributed by atoms with Gasteiger partial charge in [-0.05, 0) is 12.5 Å². The highest BCUT2D eigenvalue weighted by molar-refractivity contribution is 7.09. The molecule has 3 aromatic rings. The minimum absolute atomic E-state index is 0.0131. The highest BCUT2D eigenvalue weighted by Gasteiger charge is 2.15. The number of aromatic nitrogens is 2. The molecule has 0 saturated carbocycles. The van der Waals surface area contributed by atoms with Crippen molar-refractivity contribution in [1.82, 2.24) is 15.3 Å². The maximum Gasteiger partial charge on any atom is 0.271 e. The van der Waals surface area contributed by atoms with Crippen LogP contribution in [-0.4, -0.2) is 20.8 Å². The van der Waals surface area contributed by atoms with Crippen LogP contribution in [-0.2, 0) is 13.0 Å². The minimum Gasteiger partial charge on any atom is -0.360 e. The molecule has 2 heterocycles. The molecule has 1 aromatic carbocycles. The number of nitrogens with zero attached hydrogens (tertiary/aromatic N) is 2. The lowest BCUT2D eigenvalue weighted by Gasteiger charge is -2.02. The van der Waals surface area contributed by atoms with Crippen LogP contribution in [0.15, 0.2) is 29.8 Å². The second-order valence-electron chi connectivity index (χ2n) is 4.96. The molecule has 0 aliphatic heterocycles. The van der Waals surface area contributed by atoms with Gasteiger partial charge in [-0.2, -0.15) is 0 Å². The van der Waals surface area contributed by atoms with E-state index in [1.807, 2.05) is 12.3 Å². The molecule has 2 aromatic heterocycles. The molecule has 0 spiro atoms. The Kier molecular flexibility index (Phi) is 4.07. The number of aromatic amines is 1. The number of hydrogen-bond acceptors (Lipinski definition) is 5. The van der Waals surface area contributed by atoms with Crippen molar-refractivity contribution in [1.29, 1.82) is 0 Å². The summed E-state index contributed by atoms with van der Waals surface area (Å²) in [5.74, 6) is -0.240. The van der Waals surface area contributed by atoms with Crippen molar-refractivity contribution < 1.29 is 9.72 Å². The van der Waals surface area contributed by atoms with Crippen LogP contribution in [0.5, 0.6) is 0 Å². The molecule has 118 valence electrons. The van der Waals surface area contributed by atoms with Crippen LogP contribution in [0.25, 0.3) is 10.9 Å². The van der Waals surface area contributed by atoms with Crippen LogP contribution in [0.2, 0.25) is 0 Å². The fourth-order valence-electron chi connectivity index (χ4n) is 2.27. The summed E-state index contributed by atoms with van der Waals surface area (Å²) < 4.78 is 0. The standard InChI is InChI=1S/C15H14N4O3S/c1-2-14-18-9(8-23-14)6-17-15(20)12-7-16-13-5-10(19(21)22)3-4-11(12)13/h3-5,7-8,16H,2,6H2,1H3,(H,17,20). The van der Waals surface area contributed by atoms with Gasteiger partial charge in [0.1, 0.15) is 0 Å². The number of hydrogen-bond donors (Lipinski definition) is 2. The Bertz CT molecular complexity index is 884. The Morgan fingerprint density at radius 2 is 2.30 bits per heavy atom. The van der Waals surface area contributed by atoms with Gasteiger partial charge in [0.2, 0.25) is 0 Å². The predicted octanol–water partition coefficient (Wildman–Crippen LogP) is 3.03. The molecule has 7 nitrogen and oxygen atoms in total. The van der Waals surface area contributed by atoms with Crippen molar-refractivity contribution in [3.63, 3.8) is 0 Å². The predicted molar refractivity (Wildman–Crippen MR) is 87.6 cm³/mol. The number of H-pyrrole nitrogens is 1. The number of thiazole rings is 1. The van der Waals surface area contributed by atoms with Gasteiger partial charge < -0.3 is 10.3 Å². The van der Waals surface area contributed by atoms with Gasteiger partial charge in [0, 0.05) is 29.1 Å². The number of aryl methyl sites for hydroxylation is 1. The first kappa shape index (κ1) is 15.2. The Morgan fingerprint density at radius 1 is 1.48 bits per heavy atom. The van der Waals surface area contributed by atoms with Crippen LogP contribution in [0.1, 0.15) is 28.0 Å². The molecule has 0 unspecified atom stereocenters. The molecule has 3 rings (SSSR count). The zero-order valence-corrected chi connectivity index (χ0v) is 13.1. The van der Waals surface area contributed by atoms with Crippen LogP contribution in [0.3, 0.4) is 0 Å². The Morgan fingerprint density at radius 3 is 3.00 bits per heavy atom. The normalized spacial score (nSPS) is 10.8. The summed E-state index contributed by atoms with van der Waals surface area (Å²) in [6.45, 7) is 2.39. The van der Waals surface area contributed by atoms with Crippen LogP contribution >= 0.6 is 11.3 Å². The Labute approximate surface area is 135 Å². The number of carbonyl (C=O) groups excluding carboxylic acids is 1. The molecular weight excluding hydrogens is 316 g/mol. The number of non-ortho nitro benzene ring substituents is 1.